The van der Waals surface area contributed by atoms with Crippen molar-refractivity contribution in [2.75, 3.05) is 13.2 Å². The van der Waals surface area contributed by atoms with Crippen molar-refractivity contribution in [1.29, 1.82) is 0 Å². The molecule has 2 N–H and O–H groups in total. The van der Waals surface area contributed by atoms with Crippen molar-refractivity contribution in [2.45, 2.75) is 39.2 Å². The summed E-state index contributed by atoms with van der Waals surface area (Å²) in [6, 6.07) is 5.71. The molecule has 2 aliphatic rings. The third kappa shape index (κ3) is 2.71. The van der Waals surface area contributed by atoms with Gasteiger partial charge in [-0.3, -0.25) is 0 Å². The van der Waals surface area contributed by atoms with Gasteiger partial charge in [0.05, 0.1) is 6.61 Å². The van der Waals surface area contributed by atoms with Crippen molar-refractivity contribution >= 4 is 0 Å². The number of hydrogen-bond acceptors (Lipinski definition) is 3. The minimum absolute atomic E-state index is 0.285. The van der Waals surface area contributed by atoms with E-state index in [0.717, 1.165) is 24.6 Å². The fourth-order valence-corrected chi connectivity index (χ4v) is 3.01. The first-order chi connectivity index (χ1) is 9.25. The van der Waals surface area contributed by atoms with E-state index in [0.29, 0.717) is 17.8 Å². The molecule has 0 aromatic heterocycles. The second-order valence-corrected chi connectivity index (χ2v) is 5.94. The Balaban J connectivity index is 1.56. The molecule has 3 heteroatoms. The zero-order valence-corrected chi connectivity index (χ0v) is 11.6. The fraction of sp³-hybridized carbons (Fsp3) is 0.625. The maximum absolute atomic E-state index is 10.1. The smallest absolute Gasteiger partial charge is 0.162 e. The summed E-state index contributed by atoms with van der Waals surface area (Å²) in [4.78, 5) is 0. The van der Waals surface area contributed by atoms with Gasteiger partial charge in [0.15, 0.2) is 11.5 Å². The lowest BCUT2D eigenvalue weighted by Gasteiger charge is -2.16. The molecule has 3 rings (SSSR count). The van der Waals surface area contributed by atoms with E-state index in [1.165, 1.54) is 25.7 Å². The number of hydrogen-bond donors (Lipinski definition) is 2. The predicted octanol–water partition coefficient (Wildman–Crippen LogP) is 3.07. The average Bonchev–Trinajstić information content (AvgIpc) is 3.27. The monoisotopic (exact) mass is 261 g/mol. The van der Waals surface area contributed by atoms with Crippen molar-refractivity contribution in [1.82, 2.24) is 5.32 Å². The highest BCUT2D eigenvalue weighted by molar-refractivity contribution is 5.45. The Morgan fingerprint density at radius 1 is 1.37 bits per heavy atom. The Bertz CT molecular complexity index is 450. The highest BCUT2D eigenvalue weighted by Crippen LogP contribution is 2.60. The highest BCUT2D eigenvalue weighted by atomic mass is 16.5. The molecule has 2 saturated carbocycles. The van der Waals surface area contributed by atoms with Gasteiger partial charge in [0, 0.05) is 18.7 Å². The maximum atomic E-state index is 10.1. The van der Waals surface area contributed by atoms with Crippen LogP contribution in [-0.2, 0) is 6.54 Å². The molecule has 3 nitrogen and oxygen atoms in total. The van der Waals surface area contributed by atoms with Crippen LogP contribution in [0.3, 0.4) is 0 Å². The van der Waals surface area contributed by atoms with Crippen molar-refractivity contribution in [2.24, 2.45) is 11.3 Å². The number of ether oxygens (including phenoxy) is 1. The van der Waals surface area contributed by atoms with Crippen LogP contribution < -0.4 is 10.1 Å². The van der Waals surface area contributed by atoms with Gasteiger partial charge in [-0.25, -0.2) is 0 Å². The van der Waals surface area contributed by atoms with Gasteiger partial charge in [-0.15, -0.1) is 0 Å². The molecule has 0 atom stereocenters. The maximum Gasteiger partial charge on any atom is 0.162 e. The van der Waals surface area contributed by atoms with Crippen LogP contribution >= 0.6 is 0 Å². The molecular formula is C16H23NO2. The van der Waals surface area contributed by atoms with Crippen LogP contribution in [0.4, 0.5) is 0 Å². The van der Waals surface area contributed by atoms with Gasteiger partial charge >= 0.3 is 0 Å². The lowest BCUT2D eigenvalue weighted by atomic mass is 10.0. The van der Waals surface area contributed by atoms with E-state index in [1.807, 2.05) is 25.1 Å². The first-order valence-electron chi connectivity index (χ1n) is 7.39. The van der Waals surface area contributed by atoms with Crippen molar-refractivity contribution < 1.29 is 9.84 Å². The molecule has 0 spiro atoms. The normalized spacial score (nSPS) is 20.3. The first kappa shape index (κ1) is 12.8. The molecule has 0 amide bonds. The van der Waals surface area contributed by atoms with E-state index in [9.17, 15) is 5.11 Å². The molecule has 0 bridgehead atoms. The van der Waals surface area contributed by atoms with E-state index in [2.05, 4.69) is 5.32 Å². The molecule has 0 saturated heterocycles. The topological polar surface area (TPSA) is 41.5 Å². The van der Waals surface area contributed by atoms with Gasteiger partial charge in [0.1, 0.15) is 0 Å². The van der Waals surface area contributed by atoms with E-state index in [1.54, 1.807) is 0 Å². The molecule has 2 aliphatic carbocycles. The van der Waals surface area contributed by atoms with E-state index < -0.39 is 0 Å². The third-order valence-electron chi connectivity index (χ3n) is 4.51. The molecule has 2 fully saturated rings. The van der Waals surface area contributed by atoms with E-state index in [4.69, 9.17) is 4.74 Å². The van der Waals surface area contributed by atoms with Gasteiger partial charge in [0.25, 0.3) is 0 Å². The molecule has 0 radical (unpaired) electrons. The van der Waals surface area contributed by atoms with Crippen molar-refractivity contribution in [3.8, 4) is 11.5 Å². The summed E-state index contributed by atoms with van der Waals surface area (Å²) in [5.74, 6) is 1.85. The number of aromatic hydroxyl groups is 1. The van der Waals surface area contributed by atoms with E-state index in [-0.39, 0.29) is 5.75 Å². The fourth-order valence-electron chi connectivity index (χ4n) is 3.01. The molecule has 19 heavy (non-hydrogen) atoms. The zero-order chi connectivity index (χ0) is 13.3. The Morgan fingerprint density at radius 2 is 2.16 bits per heavy atom. The zero-order valence-electron chi connectivity index (χ0n) is 11.6. The Kier molecular flexibility index (Phi) is 3.40. The summed E-state index contributed by atoms with van der Waals surface area (Å²) in [6.07, 6.45) is 5.62. The van der Waals surface area contributed by atoms with Crippen molar-refractivity contribution in [3.63, 3.8) is 0 Å². The molecule has 0 aliphatic heterocycles. The Labute approximate surface area is 115 Å². The number of rotatable bonds is 7. The number of nitrogens with one attached hydrogen (secondary N) is 1. The van der Waals surface area contributed by atoms with Gasteiger partial charge in [0.2, 0.25) is 0 Å². The molecule has 0 heterocycles. The quantitative estimate of drug-likeness (QED) is 0.792. The summed E-state index contributed by atoms with van der Waals surface area (Å²) >= 11 is 0. The summed E-state index contributed by atoms with van der Waals surface area (Å²) in [5, 5.41) is 13.6. The molecule has 1 aromatic rings. The third-order valence-corrected chi connectivity index (χ3v) is 4.51. The van der Waals surface area contributed by atoms with Gasteiger partial charge in [-0.1, -0.05) is 12.1 Å². The van der Waals surface area contributed by atoms with Gasteiger partial charge in [-0.2, -0.15) is 0 Å². The summed E-state index contributed by atoms with van der Waals surface area (Å²) in [7, 11) is 0. The lowest BCUT2D eigenvalue weighted by molar-refractivity contribution is 0.315. The Hall–Kier alpha value is -1.22. The van der Waals surface area contributed by atoms with Crippen LogP contribution in [0.2, 0.25) is 0 Å². The summed E-state index contributed by atoms with van der Waals surface area (Å²) in [6.45, 7) is 4.32. The molecule has 1 aromatic carbocycles. The van der Waals surface area contributed by atoms with Crippen LogP contribution in [0.1, 0.15) is 38.2 Å². The SMILES string of the molecule is CCOc1cccc(CNCC2(C3CC3)CC2)c1O. The van der Waals surface area contributed by atoms with E-state index >= 15 is 0 Å². The van der Waals surface area contributed by atoms with Gasteiger partial charge in [-0.05, 0) is 50.0 Å². The van der Waals surface area contributed by atoms with Crippen LogP contribution in [0.15, 0.2) is 18.2 Å². The molecule has 104 valence electrons. The number of phenols is 1. The highest BCUT2D eigenvalue weighted by Gasteiger charge is 2.53. The largest absolute Gasteiger partial charge is 0.504 e. The summed E-state index contributed by atoms with van der Waals surface area (Å²) < 4.78 is 5.41. The second kappa shape index (κ2) is 5.04. The van der Waals surface area contributed by atoms with Crippen LogP contribution in [0.5, 0.6) is 11.5 Å². The van der Waals surface area contributed by atoms with Crippen LogP contribution in [0.25, 0.3) is 0 Å². The Morgan fingerprint density at radius 3 is 2.79 bits per heavy atom. The predicted molar refractivity (Wildman–Crippen MR) is 75.4 cm³/mol. The molecule has 0 unspecified atom stereocenters. The standard InChI is InChI=1S/C16H23NO2/c1-2-19-14-5-3-4-12(15(14)18)10-17-11-16(8-9-16)13-6-7-13/h3-5,13,17-18H,2,6-11H2,1H3. The number of para-hydroxylation sites is 1. The average molecular weight is 261 g/mol. The van der Waals surface area contributed by atoms with Gasteiger partial charge < -0.3 is 15.2 Å². The second-order valence-electron chi connectivity index (χ2n) is 5.94. The first-order valence-corrected chi connectivity index (χ1v) is 7.39. The summed E-state index contributed by atoms with van der Waals surface area (Å²) in [5.41, 5.74) is 1.53. The van der Waals surface area contributed by atoms with Crippen molar-refractivity contribution in [3.05, 3.63) is 23.8 Å². The van der Waals surface area contributed by atoms with Crippen LogP contribution in [0, 0.1) is 11.3 Å². The molecular weight excluding hydrogens is 238 g/mol. The lowest BCUT2D eigenvalue weighted by Crippen LogP contribution is -2.25. The minimum atomic E-state index is 0.285. The number of benzene rings is 1. The van der Waals surface area contributed by atoms with Crippen LogP contribution in [-0.4, -0.2) is 18.3 Å². The number of phenolic OH excluding ortho intramolecular Hbond substituents is 1. The minimum Gasteiger partial charge on any atom is -0.504 e.